The molecule has 6 heteroatoms. The van der Waals surface area contributed by atoms with Gasteiger partial charge in [-0.05, 0) is 30.2 Å². The Balaban J connectivity index is 1.65. The summed E-state index contributed by atoms with van der Waals surface area (Å²) < 4.78 is 5.49. The lowest BCUT2D eigenvalue weighted by molar-refractivity contribution is -0.127. The highest BCUT2D eigenvalue weighted by atomic mass is 16.5. The molecule has 28 heavy (non-hydrogen) atoms. The molecule has 3 unspecified atom stereocenters. The van der Waals surface area contributed by atoms with Crippen LogP contribution >= 0.6 is 0 Å². The largest absolute Gasteiger partial charge is 0.381 e. The number of carbonyl (C=O) groups excluding carboxylic acids is 1. The van der Waals surface area contributed by atoms with Gasteiger partial charge in [0.1, 0.15) is 6.54 Å². The first-order valence-corrected chi connectivity index (χ1v) is 10.4. The zero-order valence-electron chi connectivity index (χ0n) is 17.4. The van der Waals surface area contributed by atoms with E-state index in [0.717, 1.165) is 51.6 Å². The normalized spacial score (nSPS) is 25.6. The molecule has 1 aromatic carbocycles. The van der Waals surface area contributed by atoms with E-state index in [-0.39, 0.29) is 12.5 Å². The number of likely N-dealkylation sites (tertiary alicyclic amines) is 1. The van der Waals surface area contributed by atoms with Crippen molar-refractivity contribution in [2.75, 3.05) is 53.5 Å². The van der Waals surface area contributed by atoms with Gasteiger partial charge in [0.25, 0.3) is 0 Å². The van der Waals surface area contributed by atoms with Crippen molar-refractivity contribution in [1.29, 1.82) is 0 Å². The van der Waals surface area contributed by atoms with E-state index in [9.17, 15) is 4.79 Å². The first-order chi connectivity index (χ1) is 13.5. The molecule has 2 heterocycles. The van der Waals surface area contributed by atoms with Gasteiger partial charge in [0.15, 0.2) is 5.96 Å². The first-order valence-electron chi connectivity index (χ1n) is 10.4. The number of carbonyl (C=O) groups is 1. The van der Waals surface area contributed by atoms with Crippen LogP contribution < -0.4 is 5.32 Å². The summed E-state index contributed by atoms with van der Waals surface area (Å²) in [6.45, 7) is 6.90. The van der Waals surface area contributed by atoms with Crippen LogP contribution in [-0.4, -0.2) is 75.2 Å². The number of hydrogen-bond acceptors (Lipinski definition) is 3. The molecule has 154 valence electrons. The Bertz CT molecular complexity index is 656. The van der Waals surface area contributed by atoms with Gasteiger partial charge in [-0.25, -0.2) is 4.99 Å². The highest BCUT2D eigenvalue weighted by molar-refractivity contribution is 5.85. The van der Waals surface area contributed by atoms with Gasteiger partial charge in [-0.1, -0.05) is 37.3 Å². The molecule has 0 radical (unpaired) electrons. The van der Waals surface area contributed by atoms with Crippen molar-refractivity contribution in [2.24, 2.45) is 16.8 Å². The van der Waals surface area contributed by atoms with Crippen molar-refractivity contribution in [2.45, 2.75) is 25.7 Å². The third-order valence-corrected chi connectivity index (χ3v) is 5.87. The molecule has 6 nitrogen and oxygen atoms in total. The third-order valence-electron chi connectivity index (χ3n) is 5.87. The summed E-state index contributed by atoms with van der Waals surface area (Å²) >= 11 is 0. The van der Waals surface area contributed by atoms with E-state index in [4.69, 9.17) is 4.74 Å². The van der Waals surface area contributed by atoms with Crippen LogP contribution in [-0.2, 0) is 9.53 Å². The van der Waals surface area contributed by atoms with E-state index in [0.29, 0.717) is 17.8 Å². The zero-order valence-corrected chi connectivity index (χ0v) is 17.4. The summed E-state index contributed by atoms with van der Waals surface area (Å²) in [6, 6.07) is 10.8. The maximum atomic E-state index is 12.0. The number of benzene rings is 1. The molecule has 3 atom stereocenters. The van der Waals surface area contributed by atoms with Crippen molar-refractivity contribution in [3.05, 3.63) is 35.9 Å². The average molecular weight is 387 g/mol. The number of amides is 1. The van der Waals surface area contributed by atoms with E-state index in [1.165, 1.54) is 5.56 Å². The molecule has 0 aliphatic carbocycles. The number of aliphatic imine (C=N–C) groups is 1. The molecule has 0 spiro atoms. The number of ether oxygens (including phenoxy) is 1. The zero-order chi connectivity index (χ0) is 19.9. The summed E-state index contributed by atoms with van der Waals surface area (Å²) in [5.41, 5.74) is 1.42. The van der Waals surface area contributed by atoms with Crippen molar-refractivity contribution >= 4 is 11.9 Å². The van der Waals surface area contributed by atoms with Crippen LogP contribution in [0.4, 0.5) is 0 Å². The first kappa shape index (κ1) is 20.6. The highest BCUT2D eigenvalue weighted by Crippen LogP contribution is 2.32. The second-order valence-electron chi connectivity index (χ2n) is 8.27. The number of rotatable bonds is 5. The fraction of sp³-hybridized carbons (Fsp3) is 0.636. The lowest BCUT2D eigenvalue weighted by atomic mass is 9.82. The molecule has 2 fully saturated rings. The summed E-state index contributed by atoms with van der Waals surface area (Å²) in [4.78, 5) is 20.6. The number of hydrogen-bond donors (Lipinski definition) is 1. The smallest absolute Gasteiger partial charge is 0.243 e. The molecular weight excluding hydrogens is 352 g/mol. The van der Waals surface area contributed by atoms with Crippen molar-refractivity contribution in [3.8, 4) is 0 Å². The van der Waals surface area contributed by atoms with E-state index < -0.39 is 0 Å². The lowest BCUT2D eigenvalue weighted by Gasteiger charge is -2.39. The number of guanidine groups is 1. The SMILES string of the molecule is CC1CN(C(=NCC(=O)N(C)C)NCC2CCOC2)CCC1c1ccccc1. The van der Waals surface area contributed by atoms with Gasteiger partial charge in [0.2, 0.25) is 5.91 Å². The molecule has 0 aromatic heterocycles. The molecule has 2 saturated heterocycles. The summed E-state index contributed by atoms with van der Waals surface area (Å²) in [5, 5.41) is 3.53. The fourth-order valence-corrected chi connectivity index (χ4v) is 4.06. The Kier molecular flexibility index (Phi) is 7.31. The number of nitrogens with one attached hydrogen (secondary N) is 1. The second kappa shape index (κ2) is 9.92. The predicted molar refractivity (Wildman–Crippen MR) is 112 cm³/mol. The molecule has 1 amide bonds. The third kappa shape index (κ3) is 5.47. The Hall–Kier alpha value is -2.08. The number of piperidine rings is 1. The standard InChI is InChI=1S/C22H34N4O2/c1-17-15-26(11-9-20(17)19-7-5-4-6-8-19)22(24-14-21(27)25(2)3)23-13-18-10-12-28-16-18/h4-8,17-18,20H,9-16H2,1-3H3,(H,23,24). The van der Waals surface area contributed by atoms with Gasteiger partial charge >= 0.3 is 0 Å². The van der Waals surface area contributed by atoms with E-state index in [2.05, 4.69) is 52.5 Å². The molecule has 2 aliphatic rings. The van der Waals surface area contributed by atoms with Crippen LogP contribution in [0.3, 0.4) is 0 Å². The topological polar surface area (TPSA) is 57.2 Å². The Morgan fingerprint density at radius 1 is 1.29 bits per heavy atom. The van der Waals surface area contributed by atoms with E-state index in [1.54, 1.807) is 19.0 Å². The summed E-state index contributed by atoms with van der Waals surface area (Å²) in [5.74, 6) is 2.51. The fourth-order valence-electron chi connectivity index (χ4n) is 4.06. The highest BCUT2D eigenvalue weighted by Gasteiger charge is 2.29. The molecule has 1 aromatic rings. The molecule has 2 aliphatic heterocycles. The quantitative estimate of drug-likeness (QED) is 0.623. The van der Waals surface area contributed by atoms with Gasteiger partial charge in [-0.2, -0.15) is 0 Å². The lowest BCUT2D eigenvalue weighted by Crippen LogP contribution is -2.49. The molecule has 3 rings (SSSR count). The van der Waals surface area contributed by atoms with Crippen LogP contribution in [0.15, 0.2) is 35.3 Å². The average Bonchev–Trinajstić information content (AvgIpc) is 3.22. The maximum Gasteiger partial charge on any atom is 0.243 e. The van der Waals surface area contributed by atoms with Crippen molar-refractivity contribution in [1.82, 2.24) is 15.1 Å². The van der Waals surface area contributed by atoms with E-state index >= 15 is 0 Å². The van der Waals surface area contributed by atoms with E-state index in [1.807, 2.05) is 0 Å². The van der Waals surface area contributed by atoms with Gasteiger partial charge in [-0.3, -0.25) is 4.79 Å². The van der Waals surface area contributed by atoms with Crippen LogP contribution in [0.2, 0.25) is 0 Å². The molecule has 0 saturated carbocycles. The predicted octanol–water partition coefficient (Wildman–Crippen LogP) is 2.18. The van der Waals surface area contributed by atoms with Crippen LogP contribution in [0.5, 0.6) is 0 Å². The van der Waals surface area contributed by atoms with Gasteiger partial charge in [0.05, 0.1) is 6.61 Å². The Morgan fingerprint density at radius 3 is 2.71 bits per heavy atom. The number of likely N-dealkylation sites (N-methyl/N-ethyl adjacent to an activating group) is 1. The Labute approximate surface area is 168 Å². The van der Waals surface area contributed by atoms with Crippen molar-refractivity contribution < 1.29 is 9.53 Å². The molecular formula is C22H34N4O2. The minimum atomic E-state index is 0.0238. The minimum Gasteiger partial charge on any atom is -0.381 e. The number of nitrogens with zero attached hydrogens (tertiary/aromatic N) is 3. The minimum absolute atomic E-state index is 0.0238. The summed E-state index contributed by atoms with van der Waals surface area (Å²) in [6.07, 6.45) is 2.18. The van der Waals surface area contributed by atoms with Crippen LogP contribution in [0, 0.1) is 11.8 Å². The maximum absolute atomic E-state index is 12.0. The van der Waals surface area contributed by atoms with Crippen molar-refractivity contribution in [3.63, 3.8) is 0 Å². The van der Waals surface area contributed by atoms with Crippen LogP contribution in [0.1, 0.15) is 31.2 Å². The van der Waals surface area contributed by atoms with Gasteiger partial charge in [-0.15, -0.1) is 0 Å². The molecule has 0 bridgehead atoms. The Morgan fingerprint density at radius 2 is 2.07 bits per heavy atom. The summed E-state index contributed by atoms with van der Waals surface area (Å²) in [7, 11) is 3.54. The van der Waals surface area contributed by atoms with Gasteiger partial charge in [0, 0.05) is 46.3 Å². The second-order valence-corrected chi connectivity index (χ2v) is 8.27. The van der Waals surface area contributed by atoms with Crippen LogP contribution in [0.25, 0.3) is 0 Å². The monoisotopic (exact) mass is 386 g/mol. The van der Waals surface area contributed by atoms with Gasteiger partial charge < -0.3 is 19.9 Å². The molecule has 1 N–H and O–H groups in total.